The molecule has 0 unspecified atom stereocenters. The maximum Gasteiger partial charge on any atom is 0.303 e. The highest BCUT2D eigenvalue weighted by Gasteiger charge is 1.87. The molecule has 0 fully saturated rings. The van der Waals surface area contributed by atoms with Crippen LogP contribution in [0, 0.1) is 3.57 Å². The fourth-order valence-corrected chi connectivity index (χ4v) is 1.04. The number of carbonyl (C=O) groups is 1. The fourth-order valence-electron chi connectivity index (χ4n) is 0.629. The minimum absolute atomic E-state index is 0.292. The number of aliphatic carboxylic acids is 1. The molecule has 1 aromatic rings. The number of halogens is 1. The zero-order valence-electron chi connectivity index (χ0n) is 7.53. The van der Waals surface area contributed by atoms with Crippen molar-refractivity contribution >= 4 is 28.6 Å². The Kier molecular flexibility index (Phi) is 7.68. The minimum Gasteiger partial charge on any atom is -0.481 e. The summed E-state index contributed by atoms with van der Waals surface area (Å²) in [4.78, 5) is 9.60. The summed E-state index contributed by atoms with van der Waals surface area (Å²) in [5, 5.41) is 7.91. The molecule has 0 saturated carbocycles. The second-order valence-electron chi connectivity index (χ2n) is 2.44. The van der Waals surface area contributed by atoms with E-state index in [0.29, 0.717) is 6.42 Å². The van der Waals surface area contributed by atoms with Crippen molar-refractivity contribution in [3.63, 3.8) is 0 Å². The van der Waals surface area contributed by atoms with Crippen LogP contribution in [0.5, 0.6) is 0 Å². The van der Waals surface area contributed by atoms with Crippen LogP contribution in [0.1, 0.15) is 19.8 Å². The van der Waals surface area contributed by atoms with Gasteiger partial charge in [-0.2, -0.15) is 0 Å². The van der Waals surface area contributed by atoms with Gasteiger partial charge in [0.2, 0.25) is 0 Å². The van der Waals surface area contributed by atoms with Gasteiger partial charge in [-0.05, 0) is 41.1 Å². The summed E-state index contributed by atoms with van der Waals surface area (Å²) in [6.07, 6.45) is 1.02. The Morgan fingerprint density at radius 2 is 1.92 bits per heavy atom. The van der Waals surface area contributed by atoms with Gasteiger partial charge in [0.25, 0.3) is 0 Å². The number of hydrogen-bond acceptors (Lipinski definition) is 1. The van der Waals surface area contributed by atoms with Crippen molar-refractivity contribution in [2.24, 2.45) is 0 Å². The van der Waals surface area contributed by atoms with Crippen molar-refractivity contribution in [1.29, 1.82) is 0 Å². The van der Waals surface area contributed by atoms with E-state index in [9.17, 15) is 4.79 Å². The van der Waals surface area contributed by atoms with Crippen molar-refractivity contribution in [3.8, 4) is 0 Å². The number of carboxylic acid groups (broad SMARTS) is 1. The van der Waals surface area contributed by atoms with Gasteiger partial charge in [-0.3, -0.25) is 4.79 Å². The molecule has 0 atom stereocenters. The Bertz CT molecular complexity index is 234. The summed E-state index contributed by atoms with van der Waals surface area (Å²) in [6, 6.07) is 10.2. The monoisotopic (exact) mass is 292 g/mol. The molecule has 0 aliphatic rings. The standard InChI is InChI=1S/C6H5I.C4H8O2/c7-6-4-2-1-3-5-6;1-2-3-4(5)6/h1-5H;2-3H2,1H3,(H,5,6). The normalized spacial score (nSPS) is 8.46. The summed E-state index contributed by atoms with van der Waals surface area (Å²) in [7, 11) is 0. The molecule has 2 nitrogen and oxygen atoms in total. The van der Waals surface area contributed by atoms with Crippen molar-refractivity contribution in [1.82, 2.24) is 0 Å². The molecular weight excluding hydrogens is 279 g/mol. The van der Waals surface area contributed by atoms with Crippen LogP contribution in [0.15, 0.2) is 30.3 Å². The van der Waals surface area contributed by atoms with E-state index in [1.165, 1.54) is 3.57 Å². The first-order valence-corrected chi connectivity index (χ1v) is 5.17. The van der Waals surface area contributed by atoms with E-state index in [0.717, 1.165) is 6.42 Å². The van der Waals surface area contributed by atoms with E-state index >= 15 is 0 Å². The van der Waals surface area contributed by atoms with Crippen LogP contribution < -0.4 is 0 Å². The van der Waals surface area contributed by atoms with Gasteiger partial charge >= 0.3 is 5.97 Å². The molecule has 0 spiro atoms. The molecule has 0 heterocycles. The first kappa shape index (κ1) is 12.4. The van der Waals surface area contributed by atoms with Crippen LogP contribution in [-0.4, -0.2) is 11.1 Å². The van der Waals surface area contributed by atoms with Gasteiger partial charge in [0, 0.05) is 9.99 Å². The van der Waals surface area contributed by atoms with Crippen LogP contribution in [0.3, 0.4) is 0 Å². The van der Waals surface area contributed by atoms with Crippen molar-refractivity contribution in [3.05, 3.63) is 33.9 Å². The molecule has 13 heavy (non-hydrogen) atoms. The second-order valence-corrected chi connectivity index (χ2v) is 3.68. The van der Waals surface area contributed by atoms with Gasteiger partial charge in [0.1, 0.15) is 0 Å². The quantitative estimate of drug-likeness (QED) is 0.850. The molecule has 0 aliphatic carbocycles. The molecule has 0 aromatic heterocycles. The lowest BCUT2D eigenvalue weighted by Crippen LogP contribution is -1.90. The largest absolute Gasteiger partial charge is 0.481 e. The van der Waals surface area contributed by atoms with Gasteiger partial charge < -0.3 is 5.11 Å². The van der Waals surface area contributed by atoms with Crippen LogP contribution in [0.25, 0.3) is 0 Å². The molecule has 1 aromatic carbocycles. The highest BCUT2D eigenvalue weighted by molar-refractivity contribution is 14.1. The molecule has 0 aliphatic heterocycles. The van der Waals surface area contributed by atoms with E-state index in [2.05, 4.69) is 34.7 Å². The van der Waals surface area contributed by atoms with Crippen LogP contribution in [0.2, 0.25) is 0 Å². The smallest absolute Gasteiger partial charge is 0.303 e. The van der Waals surface area contributed by atoms with E-state index in [1.54, 1.807) is 0 Å². The lowest BCUT2D eigenvalue weighted by molar-refractivity contribution is -0.137. The number of hydrogen-bond donors (Lipinski definition) is 1. The first-order chi connectivity index (χ1) is 6.16. The third-order valence-electron chi connectivity index (χ3n) is 1.20. The highest BCUT2D eigenvalue weighted by atomic mass is 127. The molecule has 0 amide bonds. The van der Waals surface area contributed by atoms with Crippen molar-refractivity contribution in [2.45, 2.75) is 19.8 Å². The Balaban J connectivity index is 0.000000226. The summed E-state index contributed by atoms with van der Waals surface area (Å²) in [5.74, 6) is -0.711. The van der Waals surface area contributed by atoms with E-state index in [4.69, 9.17) is 5.11 Å². The molecule has 0 radical (unpaired) electrons. The molecular formula is C10H13IO2. The Morgan fingerprint density at radius 1 is 1.38 bits per heavy atom. The molecule has 0 saturated heterocycles. The van der Waals surface area contributed by atoms with Gasteiger partial charge in [-0.15, -0.1) is 0 Å². The van der Waals surface area contributed by atoms with Crippen LogP contribution in [0.4, 0.5) is 0 Å². The average Bonchev–Trinajstić information content (AvgIpc) is 2.06. The molecule has 0 bridgehead atoms. The maximum absolute atomic E-state index is 9.60. The molecule has 3 heteroatoms. The predicted octanol–water partition coefficient (Wildman–Crippen LogP) is 3.16. The Hall–Kier alpha value is -0.580. The lowest BCUT2D eigenvalue weighted by atomic mass is 10.4. The summed E-state index contributed by atoms with van der Waals surface area (Å²) in [6.45, 7) is 1.84. The van der Waals surface area contributed by atoms with Crippen LogP contribution in [-0.2, 0) is 4.79 Å². The second kappa shape index (κ2) is 8.04. The van der Waals surface area contributed by atoms with Crippen molar-refractivity contribution < 1.29 is 9.90 Å². The minimum atomic E-state index is -0.711. The third kappa shape index (κ3) is 9.33. The predicted molar refractivity (Wildman–Crippen MR) is 61.7 cm³/mol. The van der Waals surface area contributed by atoms with Gasteiger partial charge in [0.05, 0.1) is 0 Å². The number of benzene rings is 1. The van der Waals surface area contributed by atoms with E-state index in [-0.39, 0.29) is 0 Å². The fraction of sp³-hybridized carbons (Fsp3) is 0.300. The highest BCUT2D eigenvalue weighted by Crippen LogP contribution is 1.99. The summed E-state index contributed by atoms with van der Waals surface area (Å²) >= 11 is 2.28. The Labute approximate surface area is 92.1 Å². The van der Waals surface area contributed by atoms with Gasteiger partial charge in [-0.1, -0.05) is 25.1 Å². The number of rotatable bonds is 2. The molecule has 72 valence electrons. The molecule has 1 N–H and O–H groups in total. The number of carboxylic acids is 1. The zero-order valence-corrected chi connectivity index (χ0v) is 9.69. The average molecular weight is 292 g/mol. The first-order valence-electron chi connectivity index (χ1n) is 4.09. The summed E-state index contributed by atoms with van der Waals surface area (Å²) in [5.41, 5.74) is 0. The molecule has 1 rings (SSSR count). The van der Waals surface area contributed by atoms with Crippen LogP contribution >= 0.6 is 22.6 Å². The third-order valence-corrected chi connectivity index (χ3v) is 1.92. The van der Waals surface area contributed by atoms with Crippen molar-refractivity contribution in [2.75, 3.05) is 0 Å². The zero-order chi connectivity index (χ0) is 10.1. The maximum atomic E-state index is 9.60. The summed E-state index contributed by atoms with van der Waals surface area (Å²) < 4.78 is 1.29. The topological polar surface area (TPSA) is 37.3 Å². The SMILES string of the molecule is CCCC(=O)O.Ic1ccccc1. The lowest BCUT2D eigenvalue weighted by Gasteiger charge is -1.80. The van der Waals surface area contributed by atoms with E-state index < -0.39 is 5.97 Å². The van der Waals surface area contributed by atoms with E-state index in [1.807, 2.05) is 25.1 Å². The van der Waals surface area contributed by atoms with Gasteiger partial charge in [-0.25, -0.2) is 0 Å². The van der Waals surface area contributed by atoms with Gasteiger partial charge in [0.15, 0.2) is 0 Å². The Morgan fingerprint density at radius 3 is 2.08 bits per heavy atom.